The van der Waals surface area contributed by atoms with E-state index in [-0.39, 0.29) is 0 Å². The average molecular weight is 99.1 g/mol. The van der Waals surface area contributed by atoms with Crippen molar-refractivity contribution < 1.29 is 9.90 Å². The highest BCUT2D eigenvalue weighted by Gasteiger charge is 2.38. The van der Waals surface area contributed by atoms with Crippen LogP contribution in [-0.4, -0.2) is 11.1 Å². The monoisotopic (exact) mass is 99.0 g/mol. The Morgan fingerprint density at radius 3 is 2.14 bits per heavy atom. The lowest BCUT2D eigenvalue weighted by atomic mass is 9.86. The van der Waals surface area contributed by atoms with Crippen LogP contribution >= 0.6 is 0 Å². The predicted molar refractivity (Wildman–Crippen MR) is 24.7 cm³/mol. The molecule has 1 aliphatic carbocycles. The highest BCUT2D eigenvalue weighted by Crippen LogP contribution is 2.28. The van der Waals surface area contributed by atoms with Crippen LogP contribution in [0.25, 0.3) is 0 Å². The van der Waals surface area contributed by atoms with E-state index in [0.717, 1.165) is 19.3 Å². The Kier molecular flexibility index (Phi) is 0.929. The third kappa shape index (κ3) is 0.683. The first-order chi connectivity index (χ1) is 3.30. The van der Waals surface area contributed by atoms with Gasteiger partial charge in [0.05, 0.1) is 0 Å². The van der Waals surface area contributed by atoms with Crippen molar-refractivity contribution in [2.24, 2.45) is 0 Å². The third-order valence-corrected chi connectivity index (χ3v) is 1.26. The summed E-state index contributed by atoms with van der Waals surface area (Å²) in [7, 11) is 0. The molecule has 2 heteroatoms. The standard InChI is InChI=1S/C5H6O2/c6-5(7)4-2-1-3-4/h1-3H2/p+1. The largest absolute Gasteiger partial charge is 0.496 e. The lowest BCUT2D eigenvalue weighted by Crippen LogP contribution is -2.18. The lowest BCUT2D eigenvalue weighted by molar-refractivity contribution is -0.136. The Bertz CT molecular complexity index is 84.1. The van der Waals surface area contributed by atoms with Crippen LogP contribution in [0.4, 0.5) is 0 Å². The van der Waals surface area contributed by atoms with Crippen molar-refractivity contribution >= 4 is 5.97 Å². The summed E-state index contributed by atoms with van der Waals surface area (Å²) in [5.74, 6) is -0.00810. The molecule has 0 aromatic heterocycles. The van der Waals surface area contributed by atoms with Gasteiger partial charge in [-0.2, -0.15) is 4.79 Å². The maximum absolute atomic E-state index is 9.94. The van der Waals surface area contributed by atoms with Gasteiger partial charge < -0.3 is 5.11 Å². The second-order valence-corrected chi connectivity index (χ2v) is 1.76. The van der Waals surface area contributed by atoms with E-state index in [1.807, 2.05) is 0 Å². The second-order valence-electron chi connectivity index (χ2n) is 1.76. The quantitative estimate of drug-likeness (QED) is 0.494. The minimum atomic E-state index is -0.703. The molecule has 0 aromatic rings. The van der Waals surface area contributed by atoms with Crippen LogP contribution in [0.2, 0.25) is 0 Å². The van der Waals surface area contributed by atoms with E-state index >= 15 is 0 Å². The lowest BCUT2D eigenvalue weighted by Gasteiger charge is -2.05. The van der Waals surface area contributed by atoms with E-state index in [0.29, 0.717) is 5.92 Å². The van der Waals surface area contributed by atoms with Crippen molar-refractivity contribution in [3.8, 4) is 0 Å². The van der Waals surface area contributed by atoms with Crippen LogP contribution in [0, 0.1) is 5.92 Å². The molecule has 1 rings (SSSR count). The molecule has 38 valence electrons. The van der Waals surface area contributed by atoms with Crippen LogP contribution in [0.15, 0.2) is 0 Å². The SMILES string of the molecule is O=C(O)[C+]1CCC1. The van der Waals surface area contributed by atoms with Gasteiger partial charge in [0.2, 0.25) is 5.92 Å². The van der Waals surface area contributed by atoms with E-state index in [4.69, 9.17) is 5.11 Å². The van der Waals surface area contributed by atoms with Crippen LogP contribution in [0.3, 0.4) is 0 Å². The summed E-state index contributed by atoms with van der Waals surface area (Å²) in [6.45, 7) is 0. The molecule has 0 spiro atoms. The van der Waals surface area contributed by atoms with Crippen molar-refractivity contribution in [1.82, 2.24) is 0 Å². The number of carboxylic acid groups (broad SMARTS) is 1. The third-order valence-electron chi connectivity index (χ3n) is 1.26. The molecule has 0 heterocycles. The Labute approximate surface area is 42.1 Å². The molecule has 7 heavy (non-hydrogen) atoms. The number of aliphatic carboxylic acids is 1. The van der Waals surface area contributed by atoms with Gasteiger partial charge in [0.25, 0.3) is 0 Å². The zero-order valence-electron chi connectivity index (χ0n) is 3.98. The molecular formula is C5H7O2+. The van der Waals surface area contributed by atoms with Crippen molar-refractivity contribution in [3.63, 3.8) is 0 Å². The van der Waals surface area contributed by atoms with Gasteiger partial charge in [0.15, 0.2) is 0 Å². The summed E-state index contributed by atoms with van der Waals surface area (Å²) in [5.41, 5.74) is 0. The van der Waals surface area contributed by atoms with Crippen molar-refractivity contribution in [2.45, 2.75) is 19.3 Å². The zero-order valence-corrected chi connectivity index (χ0v) is 3.98. The fourth-order valence-electron chi connectivity index (χ4n) is 0.567. The smallest absolute Gasteiger partial charge is 0.445 e. The van der Waals surface area contributed by atoms with Crippen LogP contribution < -0.4 is 0 Å². The van der Waals surface area contributed by atoms with Gasteiger partial charge in [-0.3, -0.25) is 0 Å². The number of hydrogen-bond donors (Lipinski definition) is 1. The second kappa shape index (κ2) is 1.45. The molecule has 1 N–H and O–H groups in total. The number of rotatable bonds is 1. The molecular weight excluding hydrogens is 92.1 g/mol. The van der Waals surface area contributed by atoms with Gasteiger partial charge in [-0.15, -0.1) is 0 Å². The molecule has 0 saturated heterocycles. The first kappa shape index (κ1) is 4.50. The molecule has 1 aliphatic rings. The van der Waals surface area contributed by atoms with Crippen LogP contribution in [0.5, 0.6) is 0 Å². The van der Waals surface area contributed by atoms with Crippen LogP contribution in [0.1, 0.15) is 19.3 Å². The summed E-state index contributed by atoms with van der Waals surface area (Å²) < 4.78 is 0. The summed E-state index contributed by atoms with van der Waals surface area (Å²) >= 11 is 0. The molecule has 0 radical (unpaired) electrons. The number of carbonyl (C=O) groups is 1. The van der Waals surface area contributed by atoms with E-state index in [1.165, 1.54) is 0 Å². The fraction of sp³-hybridized carbons (Fsp3) is 0.600. The fourth-order valence-corrected chi connectivity index (χ4v) is 0.567. The van der Waals surface area contributed by atoms with Gasteiger partial charge in [0.1, 0.15) is 12.8 Å². The van der Waals surface area contributed by atoms with Gasteiger partial charge in [0, 0.05) is 6.42 Å². The number of hydrogen-bond acceptors (Lipinski definition) is 1. The Morgan fingerprint density at radius 1 is 1.57 bits per heavy atom. The van der Waals surface area contributed by atoms with Crippen LogP contribution in [-0.2, 0) is 4.79 Å². The Morgan fingerprint density at radius 2 is 2.14 bits per heavy atom. The van der Waals surface area contributed by atoms with Crippen molar-refractivity contribution in [1.29, 1.82) is 0 Å². The predicted octanol–water partition coefficient (Wildman–Crippen LogP) is 0.829. The van der Waals surface area contributed by atoms with E-state index in [1.54, 1.807) is 0 Å². The zero-order chi connectivity index (χ0) is 5.28. The van der Waals surface area contributed by atoms with E-state index in [9.17, 15) is 4.79 Å². The van der Waals surface area contributed by atoms with Gasteiger partial charge >= 0.3 is 5.97 Å². The average Bonchev–Trinajstić information content (AvgIpc) is 1.23. The molecule has 0 bridgehead atoms. The molecule has 0 aliphatic heterocycles. The van der Waals surface area contributed by atoms with E-state index < -0.39 is 5.97 Å². The van der Waals surface area contributed by atoms with Gasteiger partial charge in [-0.05, 0) is 0 Å². The van der Waals surface area contributed by atoms with E-state index in [2.05, 4.69) is 0 Å². The minimum Gasteiger partial charge on any atom is -0.445 e. The first-order valence-electron chi connectivity index (χ1n) is 2.38. The highest BCUT2D eigenvalue weighted by atomic mass is 16.4. The van der Waals surface area contributed by atoms with Gasteiger partial charge in [-0.25, -0.2) is 0 Å². The molecule has 0 aromatic carbocycles. The minimum absolute atomic E-state index is 0.694. The summed E-state index contributed by atoms with van der Waals surface area (Å²) in [6.07, 6.45) is 2.70. The Balaban J connectivity index is 2.27. The Hall–Kier alpha value is -0.660. The molecule has 2 nitrogen and oxygen atoms in total. The molecule has 1 fully saturated rings. The summed E-state index contributed by atoms with van der Waals surface area (Å²) in [6, 6.07) is 0. The molecule has 0 atom stereocenters. The molecule has 0 unspecified atom stereocenters. The highest BCUT2D eigenvalue weighted by molar-refractivity contribution is 5.83. The summed E-state index contributed by atoms with van der Waals surface area (Å²) in [5, 5.41) is 8.20. The van der Waals surface area contributed by atoms with Crippen molar-refractivity contribution in [3.05, 3.63) is 5.92 Å². The maximum Gasteiger partial charge on any atom is 0.496 e. The topological polar surface area (TPSA) is 37.3 Å². The normalized spacial score (nSPS) is 18.6. The van der Waals surface area contributed by atoms with Gasteiger partial charge in [-0.1, -0.05) is 0 Å². The molecule has 0 amide bonds. The maximum atomic E-state index is 9.94. The summed E-state index contributed by atoms with van der Waals surface area (Å²) in [4.78, 5) is 9.94. The van der Waals surface area contributed by atoms with Crippen molar-refractivity contribution in [2.75, 3.05) is 0 Å². The first-order valence-corrected chi connectivity index (χ1v) is 2.38. The number of carboxylic acids is 1. The molecule has 1 saturated carbocycles.